The van der Waals surface area contributed by atoms with E-state index in [-0.39, 0.29) is 16.4 Å². The standard InChI is InChI=1S/C11H9F5N2O2S/c1-2-18(6-5-17)21(19,20)11(15,16)7-3-4-8(12)10(14)9(7)13/h3-4H,2,6H2,1H3. The summed E-state index contributed by atoms with van der Waals surface area (Å²) in [5.41, 5.74) is -1.82. The van der Waals surface area contributed by atoms with E-state index < -0.39 is 51.4 Å². The minimum atomic E-state index is -5.47. The summed E-state index contributed by atoms with van der Waals surface area (Å²) in [7, 11) is -5.47. The molecule has 0 heterocycles. The van der Waals surface area contributed by atoms with Gasteiger partial charge in [0.25, 0.3) is 10.0 Å². The topological polar surface area (TPSA) is 61.2 Å². The number of hydrogen-bond donors (Lipinski definition) is 0. The quantitative estimate of drug-likeness (QED) is 0.473. The SMILES string of the molecule is CCN(CC#N)S(=O)(=O)C(F)(F)c1ccc(F)c(F)c1F. The predicted octanol–water partition coefficient (Wildman–Crippen LogP) is 2.33. The molecule has 0 amide bonds. The van der Waals surface area contributed by atoms with Crippen LogP contribution in [0.2, 0.25) is 0 Å². The van der Waals surface area contributed by atoms with E-state index in [9.17, 15) is 30.4 Å². The molecule has 10 heteroatoms. The highest BCUT2D eigenvalue weighted by atomic mass is 32.2. The summed E-state index contributed by atoms with van der Waals surface area (Å²) < 4.78 is 90.8. The summed E-state index contributed by atoms with van der Waals surface area (Å²) in [6.07, 6.45) is 0. The zero-order valence-corrected chi connectivity index (χ0v) is 11.4. The van der Waals surface area contributed by atoms with Crippen LogP contribution in [0.3, 0.4) is 0 Å². The molecule has 0 aromatic heterocycles. The van der Waals surface area contributed by atoms with E-state index in [1.54, 1.807) is 0 Å². The van der Waals surface area contributed by atoms with Gasteiger partial charge in [-0.3, -0.25) is 0 Å². The molecular weight excluding hydrogens is 319 g/mol. The Labute approximate surface area is 117 Å². The molecule has 0 saturated carbocycles. The second-order valence-electron chi connectivity index (χ2n) is 3.83. The zero-order chi connectivity index (χ0) is 16.4. The number of alkyl halides is 2. The third-order valence-corrected chi connectivity index (χ3v) is 4.55. The summed E-state index contributed by atoms with van der Waals surface area (Å²) in [4.78, 5) is 0. The monoisotopic (exact) mass is 328 g/mol. The van der Waals surface area contributed by atoms with Crippen molar-refractivity contribution < 1.29 is 30.4 Å². The van der Waals surface area contributed by atoms with Crippen molar-refractivity contribution in [3.05, 3.63) is 35.1 Å². The lowest BCUT2D eigenvalue weighted by Crippen LogP contribution is -2.42. The first kappa shape index (κ1) is 17.3. The molecule has 0 aliphatic carbocycles. The molecule has 1 aromatic rings. The Hall–Kier alpha value is -1.73. The van der Waals surface area contributed by atoms with Gasteiger partial charge >= 0.3 is 5.25 Å². The predicted molar refractivity (Wildman–Crippen MR) is 62.0 cm³/mol. The Morgan fingerprint density at radius 3 is 2.29 bits per heavy atom. The van der Waals surface area contributed by atoms with E-state index in [2.05, 4.69) is 0 Å². The largest absolute Gasteiger partial charge is 0.387 e. The lowest BCUT2D eigenvalue weighted by Gasteiger charge is -2.24. The zero-order valence-electron chi connectivity index (χ0n) is 10.6. The van der Waals surface area contributed by atoms with Gasteiger partial charge in [0.15, 0.2) is 17.5 Å². The minimum Gasteiger partial charge on any atom is -0.205 e. The van der Waals surface area contributed by atoms with Crippen LogP contribution in [0.1, 0.15) is 12.5 Å². The van der Waals surface area contributed by atoms with Crippen molar-refractivity contribution in [3.63, 3.8) is 0 Å². The van der Waals surface area contributed by atoms with Crippen LogP contribution in [0.5, 0.6) is 0 Å². The molecule has 0 radical (unpaired) electrons. The van der Waals surface area contributed by atoms with Crippen molar-refractivity contribution in [1.82, 2.24) is 4.31 Å². The van der Waals surface area contributed by atoms with Crippen LogP contribution < -0.4 is 0 Å². The third kappa shape index (κ3) is 2.84. The van der Waals surface area contributed by atoms with Gasteiger partial charge < -0.3 is 0 Å². The van der Waals surface area contributed by atoms with Gasteiger partial charge in [-0.25, -0.2) is 21.6 Å². The Morgan fingerprint density at radius 1 is 1.24 bits per heavy atom. The molecule has 0 bridgehead atoms. The molecule has 116 valence electrons. The van der Waals surface area contributed by atoms with Gasteiger partial charge in [0.2, 0.25) is 0 Å². The maximum atomic E-state index is 14.0. The Bertz CT molecular complexity index is 685. The summed E-state index contributed by atoms with van der Waals surface area (Å²) in [6.45, 7) is -0.178. The molecule has 0 N–H and O–H groups in total. The van der Waals surface area contributed by atoms with Crippen molar-refractivity contribution >= 4 is 10.0 Å². The molecule has 0 saturated heterocycles. The summed E-state index contributed by atoms with van der Waals surface area (Å²) in [5, 5.41) is 3.57. The van der Waals surface area contributed by atoms with E-state index in [0.29, 0.717) is 0 Å². The molecule has 0 unspecified atom stereocenters. The molecule has 1 aromatic carbocycles. The second kappa shape index (κ2) is 5.95. The lowest BCUT2D eigenvalue weighted by atomic mass is 10.2. The molecule has 21 heavy (non-hydrogen) atoms. The van der Waals surface area contributed by atoms with Gasteiger partial charge in [0, 0.05) is 6.54 Å². The van der Waals surface area contributed by atoms with Crippen LogP contribution in [0.4, 0.5) is 22.0 Å². The van der Waals surface area contributed by atoms with Gasteiger partial charge in [0.1, 0.15) is 6.54 Å². The van der Waals surface area contributed by atoms with E-state index in [1.165, 1.54) is 13.0 Å². The normalized spacial score (nSPS) is 12.5. The summed E-state index contributed by atoms with van der Waals surface area (Å²) in [5.74, 6) is -6.23. The minimum absolute atomic E-state index is 0.105. The number of rotatable bonds is 5. The number of halogens is 5. The van der Waals surface area contributed by atoms with Crippen molar-refractivity contribution in [2.75, 3.05) is 13.1 Å². The first-order chi connectivity index (χ1) is 9.61. The van der Waals surface area contributed by atoms with Gasteiger partial charge in [-0.2, -0.15) is 18.3 Å². The number of benzene rings is 1. The molecular formula is C11H9F5N2O2S. The second-order valence-corrected chi connectivity index (χ2v) is 5.81. The first-order valence-corrected chi connectivity index (χ1v) is 6.93. The summed E-state index contributed by atoms with van der Waals surface area (Å²) in [6, 6.07) is 1.71. The molecule has 0 aliphatic heterocycles. The number of nitrogens with zero attached hydrogens (tertiary/aromatic N) is 2. The van der Waals surface area contributed by atoms with Crippen molar-refractivity contribution in [1.29, 1.82) is 5.26 Å². The smallest absolute Gasteiger partial charge is 0.205 e. The van der Waals surface area contributed by atoms with Gasteiger partial charge in [-0.1, -0.05) is 6.92 Å². The number of hydrogen-bond acceptors (Lipinski definition) is 3. The van der Waals surface area contributed by atoms with Crippen LogP contribution in [0, 0.1) is 28.8 Å². The lowest BCUT2D eigenvalue weighted by molar-refractivity contribution is 0.0771. The molecule has 0 atom stereocenters. The molecule has 0 aliphatic rings. The number of sulfonamides is 1. The van der Waals surface area contributed by atoms with Gasteiger partial charge in [-0.05, 0) is 12.1 Å². The molecule has 1 rings (SSSR count). The van der Waals surface area contributed by atoms with Crippen LogP contribution in [0.15, 0.2) is 12.1 Å². The fourth-order valence-corrected chi connectivity index (χ4v) is 2.82. The van der Waals surface area contributed by atoms with Crippen LogP contribution in [0.25, 0.3) is 0 Å². The van der Waals surface area contributed by atoms with Crippen molar-refractivity contribution in [2.45, 2.75) is 12.2 Å². The van der Waals surface area contributed by atoms with Crippen LogP contribution in [-0.2, 0) is 15.3 Å². The average molecular weight is 328 g/mol. The Morgan fingerprint density at radius 2 is 1.81 bits per heavy atom. The fraction of sp³-hybridized carbons (Fsp3) is 0.364. The van der Waals surface area contributed by atoms with E-state index in [1.807, 2.05) is 0 Å². The molecule has 4 nitrogen and oxygen atoms in total. The maximum Gasteiger partial charge on any atom is 0.387 e. The first-order valence-electron chi connectivity index (χ1n) is 5.49. The number of nitriles is 1. The van der Waals surface area contributed by atoms with E-state index >= 15 is 0 Å². The van der Waals surface area contributed by atoms with E-state index in [0.717, 1.165) is 0 Å². The van der Waals surface area contributed by atoms with Gasteiger partial charge in [-0.15, -0.1) is 0 Å². The molecule has 0 fully saturated rings. The average Bonchev–Trinajstić information content (AvgIpc) is 2.41. The van der Waals surface area contributed by atoms with E-state index in [4.69, 9.17) is 5.26 Å². The van der Waals surface area contributed by atoms with Crippen molar-refractivity contribution in [3.8, 4) is 6.07 Å². The maximum absolute atomic E-state index is 14.0. The van der Waals surface area contributed by atoms with Crippen LogP contribution in [-0.4, -0.2) is 25.8 Å². The summed E-state index contributed by atoms with van der Waals surface area (Å²) >= 11 is 0. The third-order valence-electron chi connectivity index (χ3n) is 2.61. The highest BCUT2D eigenvalue weighted by Crippen LogP contribution is 2.38. The highest BCUT2D eigenvalue weighted by molar-refractivity contribution is 7.89. The van der Waals surface area contributed by atoms with Gasteiger partial charge in [0.05, 0.1) is 11.6 Å². The molecule has 0 spiro atoms. The van der Waals surface area contributed by atoms with Crippen LogP contribution >= 0.6 is 0 Å². The van der Waals surface area contributed by atoms with Crippen molar-refractivity contribution in [2.24, 2.45) is 0 Å². The Balaban J connectivity index is 3.47. The fourth-order valence-electron chi connectivity index (χ4n) is 1.50. The Kier molecular flexibility index (Phi) is 4.91. The highest BCUT2D eigenvalue weighted by Gasteiger charge is 2.52.